The van der Waals surface area contributed by atoms with Crippen LogP contribution in [0.2, 0.25) is 0 Å². The first-order chi connectivity index (χ1) is 9.10. The highest BCUT2D eigenvalue weighted by molar-refractivity contribution is 5.76. The molecular formula is C16H26N2O. The van der Waals surface area contributed by atoms with Crippen LogP contribution in [0, 0.1) is 11.8 Å². The van der Waals surface area contributed by atoms with Gasteiger partial charge in [0, 0.05) is 23.5 Å². The van der Waals surface area contributed by atoms with Crippen molar-refractivity contribution in [3.63, 3.8) is 0 Å². The highest BCUT2D eigenvalue weighted by atomic mass is 16.1. The van der Waals surface area contributed by atoms with Gasteiger partial charge in [-0.3, -0.25) is 4.79 Å². The molecule has 1 amide bonds. The zero-order chi connectivity index (χ0) is 13.1. The second-order valence-electron chi connectivity index (χ2n) is 7.84. The van der Waals surface area contributed by atoms with Crippen molar-refractivity contribution < 1.29 is 4.79 Å². The number of hydrogen-bond donors (Lipinski definition) is 2. The van der Waals surface area contributed by atoms with Crippen molar-refractivity contribution in [1.29, 1.82) is 0 Å². The second-order valence-corrected chi connectivity index (χ2v) is 7.84. The van der Waals surface area contributed by atoms with Gasteiger partial charge in [0.1, 0.15) is 0 Å². The highest BCUT2D eigenvalue weighted by Crippen LogP contribution is 2.58. The van der Waals surface area contributed by atoms with E-state index < -0.39 is 0 Å². The lowest BCUT2D eigenvalue weighted by atomic mass is 9.49. The van der Waals surface area contributed by atoms with E-state index in [1.807, 2.05) is 6.92 Å². The molecule has 2 N–H and O–H groups in total. The molecule has 5 saturated carbocycles. The van der Waals surface area contributed by atoms with Gasteiger partial charge in [0.15, 0.2) is 0 Å². The van der Waals surface area contributed by atoms with E-state index in [1.54, 1.807) is 0 Å². The summed E-state index contributed by atoms with van der Waals surface area (Å²) in [6, 6.07) is 0.787. The Kier molecular flexibility index (Phi) is 2.55. The Morgan fingerprint density at radius 2 is 1.74 bits per heavy atom. The van der Waals surface area contributed by atoms with Gasteiger partial charge in [-0.1, -0.05) is 6.92 Å². The van der Waals surface area contributed by atoms with E-state index in [9.17, 15) is 4.79 Å². The first-order valence-electron chi connectivity index (χ1n) is 8.19. The van der Waals surface area contributed by atoms with Crippen molar-refractivity contribution in [2.24, 2.45) is 11.8 Å². The zero-order valence-electron chi connectivity index (χ0n) is 12.0. The van der Waals surface area contributed by atoms with Crippen molar-refractivity contribution >= 4 is 5.91 Å². The Morgan fingerprint density at radius 1 is 1.11 bits per heavy atom. The molecule has 5 aliphatic carbocycles. The smallest absolute Gasteiger partial charge is 0.220 e. The predicted octanol–water partition coefficient (Wildman–Crippen LogP) is 2.36. The Labute approximate surface area is 115 Å². The molecule has 4 bridgehead atoms. The second kappa shape index (κ2) is 3.97. The lowest BCUT2D eigenvalue weighted by Gasteiger charge is -2.62. The maximum absolute atomic E-state index is 11.9. The number of hydrogen-bond acceptors (Lipinski definition) is 2. The summed E-state index contributed by atoms with van der Waals surface area (Å²) in [5.74, 6) is 1.96. The molecule has 2 atom stereocenters. The lowest BCUT2D eigenvalue weighted by Crippen LogP contribution is -2.69. The molecule has 5 rings (SSSR count). The van der Waals surface area contributed by atoms with Crippen LogP contribution in [-0.4, -0.2) is 23.0 Å². The molecule has 0 aromatic carbocycles. The zero-order valence-corrected chi connectivity index (χ0v) is 12.0. The van der Waals surface area contributed by atoms with Crippen molar-refractivity contribution in [3.8, 4) is 0 Å². The fourth-order valence-corrected chi connectivity index (χ4v) is 5.62. The van der Waals surface area contributed by atoms with E-state index in [-0.39, 0.29) is 11.4 Å². The van der Waals surface area contributed by atoms with Crippen LogP contribution >= 0.6 is 0 Å². The molecule has 3 heteroatoms. The van der Waals surface area contributed by atoms with Gasteiger partial charge in [-0.15, -0.1) is 0 Å². The van der Waals surface area contributed by atoms with Crippen molar-refractivity contribution in [3.05, 3.63) is 0 Å². The first-order valence-corrected chi connectivity index (χ1v) is 8.19. The van der Waals surface area contributed by atoms with E-state index in [4.69, 9.17) is 0 Å². The lowest BCUT2D eigenvalue weighted by molar-refractivity contribution is -0.128. The topological polar surface area (TPSA) is 41.1 Å². The van der Waals surface area contributed by atoms with Gasteiger partial charge in [-0.2, -0.15) is 0 Å². The largest absolute Gasteiger partial charge is 0.351 e. The van der Waals surface area contributed by atoms with Gasteiger partial charge in [-0.05, 0) is 63.2 Å². The summed E-state index contributed by atoms with van der Waals surface area (Å²) in [6.45, 7) is 1.97. The molecule has 0 aromatic heterocycles. The summed E-state index contributed by atoms with van der Waals surface area (Å²) >= 11 is 0. The van der Waals surface area contributed by atoms with Gasteiger partial charge in [0.25, 0.3) is 0 Å². The number of rotatable bonds is 4. The fraction of sp³-hybridized carbons (Fsp3) is 0.938. The Balaban J connectivity index is 1.58. The minimum absolute atomic E-state index is 0.138. The molecule has 19 heavy (non-hydrogen) atoms. The molecule has 3 nitrogen and oxygen atoms in total. The van der Waals surface area contributed by atoms with Crippen LogP contribution < -0.4 is 10.6 Å². The molecule has 0 radical (unpaired) electrons. The SMILES string of the molecule is CCC(=O)NC12CC3CC(C1)CC(NC1CC1)(C3)C2. The van der Waals surface area contributed by atoms with Gasteiger partial charge in [0.2, 0.25) is 5.91 Å². The van der Waals surface area contributed by atoms with Crippen LogP contribution in [0.3, 0.4) is 0 Å². The van der Waals surface area contributed by atoms with Crippen LogP contribution in [0.15, 0.2) is 0 Å². The predicted molar refractivity (Wildman–Crippen MR) is 74.7 cm³/mol. The van der Waals surface area contributed by atoms with Crippen molar-refractivity contribution in [1.82, 2.24) is 10.6 Å². The highest BCUT2D eigenvalue weighted by Gasteiger charge is 2.58. The molecule has 5 fully saturated rings. The third kappa shape index (κ3) is 2.10. The standard InChI is InChI=1S/C16H26N2O/c1-2-14(19)18-16-8-11-5-12(9-16)7-15(6-11,10-16)17-13-3-4-13/h11-13,17H,2-10H2,1H3,(H,18,19). The molecule has 5 aliphatic rings. The number of carbonyl (C=O) groups excluding carboxylic acids is 1. The average Bonchev–Trinajstić information content (AvgIpc) is 3.09. The fourth-order valence-electron chi connectivity index (χ4n) is 5.62. The molecule has 2 unspecified atom stereocenters. The molecule has 0 aliphatic heterocycles. The molecule has 0 saturated heterocycles. The molecular weight excluding hydrogens is 236 g/mol. The summed E-state index contributed by atoms with van der Waals surface area (Å²) in [4.78, 5) is 11.9. The van der Waals surface area contributed by atoms with E-state index in [1.165, 1.54) is 51.4 Å². The quantitative estimate of drug-likeness (QED) is 0.816. The van der Waals surface area contributed by atoms with E-state index in [0.717, 1.165) is 17.9 Å². The monoisotopic (exact) mass is 262 g/mol. The summed E-state index contributed by atoms with van der Waals surface area (Å²) in [7, 11) is 0. The van der Waals surface area contributed by atoms with Crippen LogP contribution in [0.25, 0.3) is 0 Å². The summed E-state index contributed by atoms with van der Waals surface area (Å²) in [5.41, 5.74) is 0.505. The summed E-state index contributed by atoms with van der Waals surface area (Å²) in [6.07, 6.45) is 11.2. The van der Waals surface area contributed by atoms with Crippen LogP contribution in [0.4, 0.5) is 0 Å². The van der Waals surface area contributed by atoms with Crippen molar-refractivity contribution in [2.75, 3.05) is 0 Å². The molecule has 0 aromatic rings. The molecule has 0 heterocycles. The minimum Gasteiger partial charge on any atom is -0.351 e. The van der Waals surface area contributed by atoms with Crippen LogP contribution in [0.1, 0.15) is 64.7 Å². The Bertz CT molecular complexity index is 382. The minimum atomic E-state index is 0.138. The Morgan fingerprint density at radius 3 is 2.32 bits per heavy atom. The number of carbonyl (C=O) groups is 1. The maximum Gasteiger partial charge on any atom is 0.220 e. The van der Waals surface area contributed by atoms with Crippen LogP contribution in [0.5, 0.6) is 0 Å². The Hall–Kier alpha value is -0.570. The molecule has 106 valence electrons. The van der Waals surface area contributed by atoms with Gasteiger partial charge in [-0.25, -0.2) is 0 Å². The average molecular weight is 262 g/mol. The summed E-state index contributed by atoms with van der Waals surface area (Å²) in [5, 5.41) is 7.38. The first kappa shape index (κ1) is 12.2. The van der Waals surface area contributed by atoms with Gasteiger partial charge >= 0.3 is 0 Å². The number of amides is 1. The number of nitrogens with one attached hydrogen (secondary N) is 2. The summed E-state index contributed by atoms with van der Waals surface area (Å²) < 4.78 is 0. The van der Waals surface area contributed by atoms with Crippen LogP contribution in [-0.2, 0) is 4.79 Å². The van der Waals surface area contributed by atoms with Gasteiger partial charge < -0.3 is 10.6 Å². The third-order valence-electron chi connectivity index (χ3n) is 5.87. The van der Waals surface area contributed by atoms with Crippen molar-refractivity contribution in [2.45, 2.75) is 81.8 Å². The molecule has 0 spiro atoms. The maximum atomic E-state index is 11.9. The van der Waals surface area contributed by atoms with E-state index in [2.05, 4.69) is 10.6 Å². The normalized spacial score (nSPS) is 47.4. The van der Waals surface area contributed by atoms with E-state index in [0.29, 0.717) is 12.0 Å². The van der Waals surface area contributed by atoms with Gasteiger partial charge in [0.05, 0.1) is 0 Å². The third-order valence-corrected chi connectivity index (χ3v) is 5.87. The van der Waals surface area contributed by atoms with E-state index >= 15 is 0 Å².